The summed E-state index contributed by atoms with van der Waals surface area (Å²) in [6.07, 6.45) is 0.932. The number of thioether (sulfide) groups is 1. The lowest BCUT2D eigenvalue weighted by Crippen LogP contribution is -2.06. The molecular formula is C23H20N2OS. The monoisotopic (exact) mass is 372 g/mol. The van der Waals surface area contributed by atoms with Gasteiger partial charge in [-0.2, -0.15) is 0 Å². The summed E-state index contributed by atoms with van der Waals surface area (Å²) >= 11 is 1.51. The van der Waals surface area contributed by atoms with Gasteiger partial charge < -0.3 is 4.57 Å². The molecule has 0 fully saturated rings. The van der Waals surface area contributed by atoms with E-state index in [1.807, 2.05) is 54.6 Å². The number of hydrogen-bond donors (Lipinski definition) is 0. The summed E-state index contributed by atoms with van der Waals surface area (Å²) in [7, 11) is 0. The van der Waals surface area contributed by atoms with Crippen molar-refractivity contribution in [3.05, 3.63) is 96.1 Å². The van der Waals surface area contributed by atoms with Crippen molar-refractivity contribution in [3.8, 4) is 0 Å². The van der Waals surface area contributed by atoms with Gasteiger partial charge >= 0.3 is 0 Å². The first-order chi connectivity index (χ1) is 13.3. The molecule has 1 heterocycles. The third kappa shape index (κ3) is 4.12. The van der Waals surface area contributed by atoms with E-state index >= 15 is 0 Å². The van der Waals surface area contributed by atoms with Crippen LogP contribution in [0.5, 0.6) is 0 Å². The molecule has 1 aromatic heterocycles. The zero-order valence-electron chi connectivity index (χ0n) is 14.9. The molecule has 0 atom stereocenters. The fourth-order valence-corrected chi connectivity index (χ4v) is 4.04. The second-order valence-corrected chi connectivity index (χ2v) is 7.29. The number of aryl methyl sites for hydroxylation is 2. The summed E-state index contributed by atoms with van der Waals surface area (Å²) in [5.74, 6) is 0.515. The molecule has 0 radical (unpaired) electrons. The van der Waals surface area contributed by atoms with E-state index in [-0.39, 0.29) is 5.78 Å². The van der Waals surface area contributed by atoms with Gasteiger partial charge in [0.05, 0.1) is 16.8 Å². The molecule has 0 N–H and O–H groups in total. The first-order valence-corrected chi connectivity index (χ1v) is 10.00. The van der Waals surface area contributed by atoms with Crippen LogP contribution in [-0.2, 0) is 13.0 Å². The number of Topliss-reactive ketones (excluding diaryl/α,β-unsaturated/α-hetero) is 1. The minimum absolute atomic E-state index is 0.127. The van der Waals surface area contributed by atoms with E-state index in [0.29, 0.717) is 5.75 Å². The summed E-state index contributed by atoms with van der Waals surface area (Å²) in [4.78, 5) is 17.2. The Balaban J connectivity index is 1.55. The second kappa shape index (κ2) is 8.23. The van der Waals surface area contributed by atoms with Gasteiger partial charge in [0.1, 0.15) is 0 Å². The largest absolute Gasteiger partial charge is 0.319 e. The van der Waals surface area contributed by atoms with E-state index in [2.05, 4.69) is 34.9 Å². The van der Waals surface area contributed by atoms with Crippen LogP contribution in [0.1, 0.15) is 15.9 Å². The standard InChI is InChI=1S/C23H20N2OS/c26-22(19-11-5-2-6-12-19)17-27-23-24-20-13-7-8-14-21(20)25(23)16-15-18-9-3-1-4-10-18/h1-14H,15-17H2. The minimum Gasteiger partial charge on any atom is -0.319 e. The maximum Gasteiger partial charge on any atom is 0.173 e. The molecule has 4 aromatic rings. The van der Waals surface area contributed by atoms with Crippen LogP contribution in [0.25, 0.3) is 11.0 Å². The van der Waals surface area contributed by atoms with Crippen LogP contribution < -0.4 is 0 Å². The Hall–Kier alpha value is -2.85. The molecule has 0 spiro atoms. The molecule has 0 amide bonds. The number of carbonyl (C=O) groups is 1. The topological polar surface area (TPSA) is 34.9 Å². The average Bonchev–Trinajstić information content (AvgIpc) is 3.09. The second-order valence-electron chi connectivity index (χ2n) is 6.35. The van der Waals surface area contributed by atoms with Gasteiger partial charge in [-0.1, -0.05) is 84.6 Å². The molecule has 0 unspecified atom stereocenters. The molecule has 4 heteroatoms. The van der Waals surface area contributed by atoms with E-state index in [0.717, 1.165) is 34.7 Å². The Bertz CT molecular complexity index is 1040. The molecule has 0 saturated heterocycles. The number of imidazole rings is 1. The highest BCUT2D eigenvalue weighted by Gasteiger charge is 2.13. The lowest BCUT2D eigenvalue weighted by atomic mass is 10.1. The highest BCUT2D eigenvalue weighted by molar-refractivity contribution is 7.99. The van der Waals surface area contributed by atoms with Crippen molar-refractivity contribution in [2.24, 2.45) is 0 Å². The van der Waals surface area contributed by atoms with Crippen molar-refractivity contribution in [1.29, 1.82) is 0 Å². The molecule has 4 rings (SSSR count). The lowest BCUT2D eigenvalue weighted by Gasteiger charge is -2.09. The van der Waals surface area contributed by atoms with Crippen molar-refractivity contribution >= 4 is 28.6 Å². The molecule has 0 bridgehead atoms. The van der Waals surface area contributed by atoms with Crippen molar-refractivity contribution in [3.63, 3.8) is 0 Å². The number of fused-ring (bicyclic) bond motifs is 1. The Morgan fingerprint density at radius 2 is 1.52 bits per heavy atom. The van der Waals surface area contributed by atoms with Gasteiger partial charge in [0, 0.05) is 12.1 Å². The maximum atomic E-state index is 12.5. The molecule has 0 aliphatic heterocycles. The van der Waals surface area contributed by atoms with Crippen LogP contribution in [0, 0.1) is 0 Å². The number of carbonyl (C=O) groups excluding carboxylic acids is 1. The summed E-state index contributed by atoms with van der Waals surface area (Å²) in [6, 6.07) is 28.0. The zero-order valence-corrected chi connectivity index (χ0v) is 15.7. The first kappa shape index (κ1) is 17.6. The van der Waals surface area contributed by atoms with Crippen molar-refractivity contribution < 1.29 is 4.79 Å². The quantitative estimate of drug-likeness (QED) is 0.328. The molecule has 134 valence electrons. The highest BCUT2D eigenvalue weighted by atomic mass is 32.2. The first-order valence-electron chi connectivity index (χ1n) is 9.01. The predicted molar refractivity (Wildman–Crippen MR) is 111 cm³/mol. The highest BCUT2D eigenvalue weighted by Crippen LogP contribution is 2.25. The normalized spacial score (nSPS) is 11.0. The Morgan fingerprint density at radius 3 is 2.30 bits per heavy atom. The molecule has 0 saturated carbocycles. The number of aromatic nitrogens is 2. The Kier molecular flexibility index (Phi) is 5.35. The fourth-order valence-electron chi connectivity index (χ4n) is 3.10. The third-order valence-corrected chi connectivity index (χ3v) is 5.49. The molecule has 3 aromatic carbocycles. The molecule has 27 heavy (non-hydrogen) atoms. The Labute approximate surface area is 163 Å². The van der Waals surface area contributed by atoms with E-state index in [1.165, 1.54) is 17.3 Å². The number of hydrogen-bond acceptors (Lipinski definition) is 3. The average molecular weight is 372 g/mol. The number of para-hydroxylation sites is 2. The van der Waals surface area contributed by atoms with Crippen LogP contribution >= 0.6 is 11.8 Å². The van der Waals surface area contributed by atoms with Crippen LogP contribution in [0.15, 0.2) is 90.1 Å². The van der Waals surface area contributed by atoms with Gasteiger partial charge in [0.2, 0.25) is 0 Å². The summed E-state index contributed by atoms with van der Waals surface area (Å²) in [5.41, 5.74) is 4.13. The number of benzene rings is 3. The third-order valence-electron chi connectivity index (χ3n) is 4.51. The van der Waals surface area contributed by atoms with Gasteiger partial charge in [-0.15, -0.1) is 0 Å². The Morgan fingerprint density at radius 1 is 0.852 bits per heavy atom. The molecule has 0 aliphatic rings. The van der Waals surface area contributed by atoms with Crippen LogP contribution in [0.3, 0.4) is 0 Å². The van der Waals surface area contributed by atoms with Gasteiger partial charge in [0.15, 0.2) is 10.9 Å². The zero-order chi connectivity index (χ0) is 18.5. The minimum atomic E-state index is 0.127. The molecular weight excluding hydrogens is 352 g/mol. The van der Waals surface area contributed by atoms with Crippen LogP contribution in [0.4, 0.5) is 0 Å². The summed E-state index contributed by atoms with van der Waals surface area (Å²) in [5, 5.41) is 0.899. The number of rotatable bonds is 7. The van der Waals surface area contributed by atoms with Crippen molar-refractivity contribution in [1.82, 2.24) is 9.55 Å². The summed E-state index contributed by atoms with van der Waals surface area (Å²) in [6.45, 7) is 0.840. The fraction of sp³-hybridized carbons (Fsp3) is 0.130. The SMILES string of the molecule is O=C(CSc1nc2ccccc2n1CCc1ccccc1)c1ccccc1. The van der Waals surface area contributed by atoms with E-state index in [9.17, 15) is 4.79 Å². The predicted octanol–water partition coefficient (Wildman–Crippen LogP) is 5.25. The van der Waals surface area contributed by atoms with E-state index in [4.69, 9.17) is 4.98 Å². The van der Waals surface area contributed by atoms with E-state index in [1.54, 1.807) is 0 Å². The van der Waals surface area contributed by atoms with Crippen molar-refractivity contribution in [2.75, 3.05) is 5.75 Å². The van der Waals surface area contributed by atoms with Crippen LogP contribution in [0.2, 0.25) is 0 Å². The van der Waals surface area contributed by atoms with Gasteiger partial charge in [0.25, 0.3) is 0 Å². The lowest BCUT2D eigenvalue weighted by molar-refractivity contribution is 0.102. The van der Waals surface area contributed by atoms with Gasteiger partial charge in [-0.25, -0.2) is 4.98 Å². The molecule has 0 aliphatic carbocycles. The number of nitrogens with zero attached hydrogens (tertiary/aromatic N) is 2. The van der Waals surface area contributed by atoms with Crippen LogP contribution in [-0.4, -0.2) is 21.1 Å². The number of ketones is 1. The van der Waals surface area contributed by atoms with Gasteiger partial charge in [-0.3, -0.25) is 4.79 Å². The smallest absolute Gasteiger partial charge is 0.173 e. The molecule has 3 nitrogen and oxygen atoms in total. The summed E-state index contributed by atoms with van der Waals surface area (Å²) < 4.78 is 2.23. The van der Waals surface area contributed by atoms with Crippen molar-refractivity contribution in [2.45, 2.75) is 18.1 Å². The van der Waals surface area contributed by atoms with E-state index < -0.39 is 0 Å². The maximum absolute atomic E-state index is 12.5. The van der Waals surface area contributed by atoms with Gasteiger partial charge in [-0.05, 0) is 24.1 Å².